The lowest BCUT2D eigenvalue weighted by Crippen LogP contribution is -2.15. The molecular weight excluding hydrogens is 432 g/mol. The molecule has 1 N–H and O–H groups in total. The van der Waals surface area contributed by atoms with E-state index in [1.165, 1.54) is 23.4 Å². The van der Waals surface area contributed by atoms with Crippen molar-refractivity contribution >= 4 is 17.1 Å². The first kappa shape index (κ1) is 20.6. The van der Waals surface area contributed by atoms with Crippen LogP contribution in [0.4, 0.5) is 32.4 Å². The van der Waals surface area contributed by atoms with Crippen LogP contribution < -0.4 is 5.32 Å². The molecule has 3 heterocycles. The summed E-state index contributed by atoms with van der Waals surface area (Å²) in [5.41, 5.74) is -4.47. The maximum Gasteiger partial charge on any atom is 0.420 e. The Morgan fingerprint density at radius 2 is 1.71 bits per heavy atom. The fourth-order valence-corrected chi connectivity index (χ4v) is 2.82. The minimum atomic E-state index is -5.08. The van der Waals surface area contributed by atoms with Crippen molar-refractivity contribution in [2.75, 3.05) is 5.32 Å². The first-order valence-corrected chi connectivity index (χ1v) is 8.57. The molecule has 4 rings (SSSR count). The van der Waals surface area contributed by atoms with Crippen molar-refractivity contribution in [2.45, 2.75) is 25.3 Å². The minimum absolute atomic E-state index is 0.00983. The Bertz CT molecular complexity index is 1220. The maximum atomic E-state index is 13.3. The summed E-state index contributed by atoms with van der Waals surface area (Å²) in [6.45, 7) is 1.57. The van der Waals surface area contributed by atoms with Crippen molar-refractivity contribution in [1.29, 1.82) is 0 Å². The van der Waals surface area contributed by atoms with Crippen LogP contribution >= 0.6 is 0 Å². The molecule has 0 bridgehead atoms. The number of aromatic nitrogens is 6. The second kappa shape index (κ2) is 7.21. The second-order valence-electron chi connectivity index (χ2n) is 6.33. The predicted molar refractivity (Wildman–Crippen MR) is 93.0 cm³/mol. The molecule has 162 valence electrons. The molecule has 0 aliphatic heterocycles. The summed E-state index contributed by atoms with van der Waals surface area (Å²) >= 11 is 0. The van der Waals surface area contributed by atoms with Gasteiger partial charge in [0.25, 0.3) is 12.0 Å². The summed E-state index contributed by atoms with van der Waals surface area (Å²) in [5.74, 6) is 0.455. The molecule has 31 heavy (non-hydrogen) atoms. The van der Waals surface area contributed by atoms with Crippen LogP contribution in [0.25, 0.3) is 17.0 Å². The SMILES string of the molecule is CC(Nc1nc2cc(C(F)(F)F)cc(C(F)(F)F)c2o1)c1ncnn1-c1ncccn1. The van der Waals surface area contributed by atoms with E-state index in [9.17, 15) is 26.3 Å². The monoisotopic (exact) mass is 443 g/mol. The molecule has 4 aromatic rings. The van der Waals surface area contributed by atoms with E-state index in [1.54, 1.807) is 13.0 Å². The Morgan fingerprint density at radius 1 is 1.00 bits per heavy atom. The average molecular weight is 443 g/mol. The van der Waals surface area contributed by atoms with Gasteiger partial charge >= 0.3 is 12.4 Å². The molecule has 1 atom stereocenters. The first-order valence-electron chi connectivity index (χ1n) is 8.57. The van der Waals surface area contributed by atoms with Crippen molar-refractivity contribution in [2.24, 2.45) is 0 Å². The van der Waals surface area contributed by atoms with Gasteiger partial charge in [0, 0.05) is 12.4 Å². The van der Waals surface area contributed by atoms with E-state index < -0.39 is 46.6 Å². The van der Waals surface area contributed by atoms with E-state index >= 15 is 0 Å². The van der Waals surface area contributed by atoms with E-state index in [0.29, 0.717) is 6.07 Å². The third-order valence-corrected chi connectivity index (χ3v) is 4.17. The molecule has 0 aliphatic rings. The van der Waals surface area contributed by atoms with Crippen molar-refractivity contribution in [1.82, 2.24) is 29.7 Å². The van der Waals surface area contributed by atoms with E-state index in [4.69, 9.17) is 4.42 Å². The molecule has 8 nitrogen and oxygen atoms in total. The maximum absolute atomic E-state index is 13.3. The van der Waals surface area contributed by atoms with Gasteiger partial charge in [-0.15, -0.1) is 0 Å². The van der Waals surface area contributed by atoms with Crippen LogP contribution in [0.5, 0.6) is 0 Å². The number of oxazole rings is 1. The number of anilines is 1. The zero-order valence-electron chi connectivity index (χ0n) is 15.4. The van der Waals surface area contributed by atoms with Crippen LogP contribution in [-0.4, -0.2) is 29.7 Å². The van der Waals surface area contributed by atoms with Crippen molar-refractivity contribution in [3.8, 4) is 5.95 Å². The Balaban J connectivity index is 1.71. The Kier molecular flexibility index (Phi) is 4.78. The number of alkyl halides is 6. The number of fused-ring (bicyclic) bond motifs is 1. The summed E-state index contributed by atoms with van der Waals surface area (Å²) in [4.78, 5) is 15.9. The van der Waals surface area contributed by atoms with Gasteiger partial charge in [0.15, 0.2) is 11.4 Å². The molecule has 0 spiro atoms. The van der Waals surface area contributed by atoms with E-state index in [2.05, 4.69) is 30.4 Å². The van der Waals surface area contributed by atoms with Gasteiger partial charge in [-0.1, -0.05) is 0 Å². The third-order valence-electron chi connectivity index (χ3n) is 4.17. The lowest BCUT2D eigenvalue weighted by Gasteiger charge is -2.12. The number of hydrogen-bond acceptors (Lipinski definition) is 7. The summed E-state index contributed by atoms with van der Waals surface area (Å²) in [6.07, 6.45) is -5.90. The highest BCUT2D eigenvalue weighted by molar-refractivity contribution is 5.80. The average Bonchev–Trinajstić information content (AvgIpc) is 3.33. The highest BCUT2D eigenvalue weighted by atomic mass is 19.4. The summed E-state index contributed by atoms with van der Waals surface area (Å²) in [7, 11) is 0. The number of benzene rings is 1. The molecule has 0 fully saturated rings. The van der Waals surface area contributed by atoms with Crippen LogP contribution in [0, 0.1) is 0 Å². The van der Waals surface area contributed by atoms with Crippen LogP contribution in [0.15, 0.2) is 41.3 Å². The zero-order valence-corrected chi connectivity index (χ0v) is 15.4. The standard InChI is InChI=1S/C17H11F6N7O/c1-8(13-26-7-27-30(13)14-24-3-2-4-25-14)28-15-29-11-6-9(16(18,19)20)5-10(12(11)31-15)17(21,22)23/h2-8H,1H3,(H,28,29). The molecule has 0 amide bonds. The quantitative estimate of drug-likeness (QED) is 0.467. The van der Waals surface area contributed by atoms with Gasteiger partial charge in [0.05, 0.1) is 11.6 Å². The largest absolute Gasteiger partial charge is 0.423 e. The Morgan fingerprint density at radius 3 is 2.35 bits per heavy atom. The number of hydrogen-bond donors (Lipinski definition) is 1. The van der Waals surface area contributed by atoms with Crippen LogP contribution in [0.2, 0.25) is 0 Å². The molecule has 3 aromatic heterocycles. The van der Waals surface area contributed by atoms with Crippen molar-refractivity contribution in [3.05, 3.63) is 53.9 Å². The van der Waals surface area contributed by atoms with Gasteiger partial charge in [-0.25, -0.2) is 15.0 Å². The number of nitrogens with one attached hydrogen (secondary N) is 1. The lowest BCUT2D eigenvalue weighted by atomic mass is 10.1. The second-order valence-corrected chi connectivity index (χ2v) is 6.33. The molecule has 0 radical (unpaired) electrons. The summed E-state index contributed by atoms with van der Waals surface area (Å²) in [6, 6.07) is 0.925. The van der Waals surface area contributed by atoms with Crippen molar-refractivity contribution in [3.63, 3.8) is 0 Å². The molecule has 0 saturated carbocycles. The summed E-state index contributed by atoms with van der Waals surface area (Å²) < 4.78 is 85.4. The lowest BCUT2D eigenvalue weighted by molar-refractivity contribution is -0.142. The number of nitrogens with zero attached hydrogens (tertiary/aromatic N) is 6. The predicted octanol–water partition coefficient (Wildman–Crippen LogP) is 4.41. The topological polar surface area (TPSA) is 94.6 Å². The van der Waals surface area contributed by atoms with E-state index in [1.807, 2.05) is 0 Å². The van der Waals surface area contributed by atoms with Crippen LogP contribution in [0.3, 0.4) is 0 Å². The Labute approximate surface area is 169 Å². The molecule has 0 saturated heterocycles. The normalized spacial score (nSPS) is 13.5. The number of rotatable bonds is 4. The molecule has 1 aromatic carbocycles. The van der Waals surface area contributed by atoms with E-state index in [-0.39, 0.29) is 17.8 Å². The fourth-order valence-electron chi connectivity index (χ4n) is 2.82. The molecule has 0 aliphatic carbocycles. The zero-order chi connectivity index (χ0) is 22.4. The minimum Gasteiger partial charge on any atom is -0.423 e. The summed E-state index contributed by atoms with van der Waals surface area (Å²) in [5, 5.41) is 6.67. The van der Waals surface area contributed by atoms with Gasteiger partial charge in [-0.05, 0) is 25.1 Å². The van der Waals surface area contributed by atoms with Gasteiger partial charge < -0.3 is 9.73 Å². The Hall–Kier alpha value is -3.71. The fraction of sp³-hybridized carbons (Fsp3) is 0.235. The van der Waals surface area contributed by atoms with Crippen LogP contribution in [-0.2, 0) is 12.4 Å². The van der Waals surface area contributed by atoms with Gasteiger partial charge in [0.2, 0.25) is 0 Å². The first-order chi connectivity index (χ1) is 14.5. The molecule has 14 heteroatoms. The van der Waals surface area contributed by atoms with Gasteiger partial charge in [0.1, 0.15) is 17.4 Å². The highest BCUT2D eigenvalue weighted by Gasteiger charge is 2.40. The molecular formula is C17H11F6N7O. The van der Waals surface area contributed by atoms with Crippen molar-refractivity contribution < 1.29 is 30.8 Å². The van der Waals surface area contributed by atoms with E-state index in [0.717, 1.165) is 0 Å². The molecule has 1 unspecified atom stereocenters. The third kappa shape index (κ3) is 4.00. The number of halogens is 6. The van der Waals surface area contributed by atoms with Gasteiger partial charge in [-0.2, -0.15) is 41.1 Å². The highest BCUT2D eigenvalue weighted by Crippen LogP contribution is 2.41. The smallest absolute Gasteiger partial charge is 0.420 e. The van der Waals surface area contributed by atoms with Gasteiger partial charge in [-0.3, -0.25) is 0 Å². The van der Waals surface area contributed by atoms with Crippen LogP contribution in [0.1, 0.15) is 29.9 Å².